The number of benzene rings is 1. The number of halogens is 2. The Hall–Kier alpha value is -0.770. The largest absolute Gasteiger partial charge is 0.325 e. The molecule has 0 spiro atoms. The molecular weight excluding hydrogens is 259 g/mol. The number of nitrogens with two attached hydrogens (primary N) is 1. The summed E-state index contributed by atoms with van der Waals surface area (Å²) in [7, 11) is 0. The van der Waals surface area contributed by atoms with E-state index >= 15 is 0 Å². The molecule has 0 heterocycles. The zero-order chi connectivity index (χ0) is 12.8. The smallest absolute Gasteiger partial charge is 0.241 e. The first-order valence-corrected chi connectivity index (χ1v) is 6.31. The molecule has 0 aliphatic heterocycles. The number of rotatable bonds is 5. The van der Waals surface area contributed by atoms with Crippen LogP contribution in [0.4, 0.5) is 5.69 Å². The molecule has 0 fully saturated rings. The fraction of sp³-hybridized carbons (Fsp3) is 0.417. The highest BCUT2D eigenvalue weighted by Gasteiger charge is 2.13. The van der Waals surface area contributed by atoms with Crippen LogP contribution in [0.5, 0.6) is 0 Å². The Labute approximate surface area is 111 Å². The standard InChI is InChI=1S/C12H16Cl2N2O/c1-2-3-4-11(15)12(17)16-8-5-6-9(13)10(14)7-8/h5-7,11H,2-4,15H2,1H3,(H,16,17)/t11-/m0/s1. The lowest BCUT2D eigenvalue weighted by atomic mass is 10.1. The lowest BCUT2D eigenvalue weighted by molar-refractivity contribution is -0.117. The van der Waals surface area contributed by atoms with Gasteiger partial charge in [-0.2, -0.15) is 0 Å². The van der Waals surface area contributed by atoms with Crippen LogP contribution in [0.3, 0.4) is 0 Å². The van der Waals surface area contributed by atoms with Crippen LogP contribution in [0.1, 0.15) is 26.2 Å². The van der Waals surface area contributed by atoms with E-state index in [1.165, 1.54) is 0 Å². The van der Waals surface area contributed by atoms with Crippen LogP contribution in [0.25, 0.3) is 0 Å². The Balaban J connectivity index is 2.58. The molecule has 0 saturated carbocycles. The van der Waals surface area contributed by atoms with E-state index in [1.807, 2.05) is 0 Å². The highest BCUT2D eigenvalue weighted by Crippen LogP contribution is 2.25. The van der Waals surface area contributed by atoms with Crippen LogP contribution in [-0.4, -0.2) is 11.9 Å². The number of amides is 1. The molecule has 0 radical (unpaired) electrons. The molecule has 1 aromatic rings. The summed E-state index contributed by atoms with van der Waals surface area (Å²) in [4.78, 5) is 11.7. The monoisotopic (exact) mass is 274 g/mol. The van der Waals surface area contributed by atoms with Crippen LogP contribution >= 0.6 is 23.2 Å². The van der Waals surface area contributed by atoms with Crippen molar-refractivity contribution in [3.05, 3.63) is 28.2 Å². The Kier molecular flexibility index (Phi) is 5.75. The van der Waals surface area contributed by atoms with Crippen molar-refractivity contribution in [3.63, 3.8) is 0 Å². The molecule has 0 unspecified atom stereocenters. The lowest BCUT2D eigenvalue weighted by Crippen LogP contribution is -2.35. The van der Waals surface area contributed by atoms with Crippen molar-refractivity contribution in [3.8, 4) is 0 Å². The van der Waals surface area contributed by atoms with E-state index in [9.17, 15) is 4.79 Å². The van der Waals surface area contributed by atoms with Gasteiger partial charge in [-0.15, -0.1) is 0 Å². The van der Waals surface area contributed by atoms with Crippen molar-refractivity contribution in [2.45, 2.75) is 32.2 Å². The van der Waals surface area contributed by atoms with Crippen molar-refractivity contribution in [1.29, 1.82) is 0 Å². The molecule has 0 aromatic heterocycles. The molecule has 1 aromatic carbocycles. The van der Waals surface area contributed by atoms with Crippen molar-refractivity contribution in [1.82, 2.24) is 0 Å². The normalized spacial score (nSPS) is 12.2. The molecule has 1 amide bonds. The molecule has 3 N–H and O–H groups in total. The summed E-state index contributed by atoms with van der Waals surface area (Å²) < 4.78 is 0. The van der Waals surface area contributed by atoms with Gasteiger partial charge in [0.05, 0.1) is 16.1 Å². The zero-order valence-electron chi connectivity index (χ0n) is 9.67. The molecule has 17 heavy (non-hydrogen) atoms. The van der Waals surface area contributed by atoms with Crippen molar-refractivity contribution >= 4 is 34.8 Å². The summed E-state index contributed by atoms with van der Waals surface area (Å²) in [6.07, 6.45) is 2.65. The summed E-state index contributed by atoms with van der Waals surface area (Å²) >= 11 is 11.6. The Morgan fingerprint density at radius 2 is 2.12 bits per heavy atom. The second-order valence-corrected chi connectivity index (χ2v) is 4.68. The van der Waals surface area contributed by atoms with Crippen LogP contribution in [0.15, 0.2) is 18.2 Å². The zero-order valence-corrected chi connectivity index (χ0v) is 11.2. The molecule has 0 bridgehead atoms. The third-order valence-electron chi connectivity index (χ3n) is 2.39. The predicted molar refractivity (Wildman–Crippen MR) is 72.6 cm³/mol. The summed E-state index contributed by atoms with van der Waals surface area (Å²) in [6.45, 7) is 2.06. The number of nitrogens with one attached hydrogen (secondary N) is 1. The maximum atomic E-state index is 11.7. The number of carbonyl (C=O) groups excluding carboxylic acids is 1. The Bertz CT molecular complexity index is 396. The maximum absolute atomic E-state index is 11.7. The first kappa shape index (κ1) is 14.3. The van der Waals surface area contributed by atoms with Crippen LogP contribution in [-0.2, 0) is 4.79 Å². The molecule has 1 atom stereocenters. The molecule has 0 aliphatic rings. The van der Waals surface area contributed by atoms with E-state index < -0.39 is 6.04 Å². The number of anilines is 1. The molecule has 5 heteroatoms. The van der Waals surface area contributed by atoms with E-state index in [1.54, 1.807) is 18.2 Å². The third kappa shape index (κ3) is 4.54. The number of carbonyl (C=O) groups is 1. The SMILES string of the molecule is CCCC[C@H](N)C(=O)Nc1ccc(Cl)c(Cl)c1. The van der Waals surface area contributed by atoms with Gasteiger partial charge in [-0.1, -0.05) is 43.0 Å². The maximum Gasteiger partial charge on any atom is 0.241 e. The highest BCUT2D eigenvalue weighted by molar-refractivity contribution is 6.42. The highest BCUT2D eigenvalue weighted by atomic mass is 35.5. The molecule has 94 valence electrons. The molecule has 0 saturated heterocycles. The summed E-state index contributed by atoms with van der Waals surface area (Å²) in [5, 5.41) is 3.58. The summed E-state index contributed by atoms with van der Waals surface area (Å²) in [5.41, 5.74) is 6.36. The lowest BCUT2D eigenvalue weighted by Gasteiger charge is -2.12. The van der Waals surface area contributed by atoms with Gasteiger partial charge in [0.1, 0.15) is 0 Å². The van der Waals surface area contributed by atoms with E-state index in [0.29, 0.717) is 22.2 Å². The van der Waals surface area contributed by atoms with Crippen LogP contribution < -0.4 is 11.1 Å². The quantitative estimate of drug-likeness (QED) is 0.864. The van der Waals surface area contributed by atoms with E-state index in [0.717, 1.165) is 12.8 Å². The van der Waals surface area contributed by atoms with Gasteiger partial charge in [-0.05, 0) is 24.6 Å². The first-order valence-electron chi connectivity index (χ1n) is 5.56. The van der Waals surface area contributed by atoms with Crippen LogP contribution in [0.2, 0.25) is 10.0 Å². The Morgan fingerprint density at radius 1 is 1.41 bits per heavy atom. The van der Waals surface area contributed by atoms with Gasteiger partial charge in [0, 0.05) is 5.69 Å². The van der Waals surface area contributed by atoms with Gasteiger partial charge in [0.15, 0.2) is 0 Å². The predicted octanol–water partition coefficient (Wildman–Crippen LogP) is 3.45. The topological polar surface area (TPSA) is 55.1 Å². The fourth-order valence-electron chi connectivity index (χ4n) is 1.36. The van der Waals surface area contributed by atoms with E-state index in [2.05, 4.69) is 12.2 Å². The minimum Gasteiger partial charge on any atom is -0.325 e. The van der Waals surface area contributed by atoms with Crippen LogP contribution in [0, 0.1) is 0 Å². The van der Waals surface area contributed by atoms with E-state index in [-0.39, 0.29) is 5.91 Å². The molecule has 1 rings (SSSR count). The van der Waals surface area contributed by atoms with Gasteiger partial charge in [-0.25, -0.2) is 0 Å². The minimum absolute atomic E-state index is 0.197. The van der Waals surface area contributed by atoms with E-state index in [4.69, 9.17) is 28.9 Å². The first-order chi connectivity index (χ1) is 8.04. The average Bonchev–Trinajstić information content (AvgIpc) is 2.30. The molecule has 0 aliphatic carbocycles. The summed E-state index contributed by atoms with van der Waals surface area (Å²) in [5.74, 6) is -0.197. The minimum atomic E-state index is -0.482. The third-order valence-corrected chi connectivity index (χ3v) is 3.13. The second-order valence-electron chi connectivity index (χ2n) is 3.87. The van der Waals surface area contributed by atoms with Gasteiger partial charge in [0.25, 0.3) is 0 Å². The Morgan fingerprint density at radius 3 is 2.71 bits per heavy atom. The van der Waals surface area contributed by atoms with Crippen molar-refractivity contribution in [2.24, 2.45) is 5.73 Å². The van der Waals surface area contributed by atoms with Gasteiger partial charge >= 0.3 is 0 Å². The van der Waals surface area contributed by atoms with Crippen molar-refractivity contribution in [2.75, 3.05) is 5.32 Å². The van der Waals surface area contributed by atoms with Crippen molar-refractivity contribution < 1.29 is 4.79 Å². The fourth-order valence-corrected chi connectivity index (χ4v) is 1.66. The summed E-state index contributed by atoms with van der Waals surface area (Å²) in [6, 6.07) is 4.45. The van der Waals surface area contributed by atoms with Gasteiger partial charge in [0.2, 0.25) is 5.91 Å². The molecular formula is C12H16Cl2N2O. The van der Waals surface area contributed by atoms with Gasteiger partial charge in [-0.3, -0.25) is 4.79 Å². The second kappa shape index (κ2) is 6.84. The number of unbranched alkanes of at least 4 members (excludes halogenated alkanes) is 1. The molecule has 3 nitrogen and oxygen atoms in total. The number of hydrogen-bond donors (Lipinski definition) is 2. The average molecular weight is 275 g/mol. The van der Waals surface area contributed by atoms with Gasteiger partial charge < -0.3 is 11.1 Å². The number of hydrogen-bond acceptors (Lipinski definition) is 2.